The van der Waals surface area contributed by atoms with Crippen LogP contribution >= 0.6 is 0 Å². The van der Waals surface area contributed by atoms with Crippen molar-refractivity contribution < 1.29 is 122 Å². The molecule has 0 aromatic carbocycles. The molecule has 0 bridgehead atoms. The van der Waals surface area contributed by atoms with Crippen LogP contribution in [0.15, 0.2) is 4.99 Å². The zero-order valence-corrected chi connectivity index (χ0v) is 59.8. The predicted molar refractivity (Wildman–Crippen MR) is 367 cm³/mol. The number of aliphatic hydroxyl groups excluding tert-OH is 3. The van der Waals surface area contributed by atoms with Crippen molar-refractivity contribution in [1.29, 1.82) is 0 Å². The maximum atomic E-state index is 14.6. The molecule has 598 valence electrons. The molecule has 24 N–H and O–H groups in total. The van der Waals surface area contributed by atoms with Crippen molar-refractivity contribution in [3.63, 3.8) is 0 Å². The van der Waals surface area contributed by atoms with Crippen molar-refractivity contribution in [3.8, 4) is 0 Å². The second-order valence-corrected chi connectivity index (χ2v) is 26.9. The van der Waals surface area contributed by atoms with Gasteiger partial charge in [0.15, 0.2) is 5.96 Å². The number of carbonyl (C=O) groups excluding carboxylic acids is 14. The van der Waals surface area contributed by atoms with E-state index in [2.05, 4.69) is 47.5 Å². The number of likely N-dealkylation sites (tertiary alicyclic amines) is 4. The quantitative estimate of drug-likeness (QED) is 0.0153. The molecule has 14 atom stereocenters. The van der Waals surface area contributed by atoms with E-state index >= 15 is 0 Å². The van der Waals surface area contributed by atoms with E-state index < -0.39 is 250 Å². The van der Waals surface area contributed by atoms with Gasteiger partial charge in [0.1, 0.15) is 78.5 Å². The van der Waals surface area contributed by atoms with Gasteiger partial charge in [-0.2, -0.15) is 0 Å². The number of carbonyl (C=O) groups is 18. The highest BCUT2D eigenvalue weighted by molar-refractivity contribution is 6.01. The number of guanidine groups is 1. The Morgan fingerprint density at radius 1 is 0.402 bits per heavy atom. The number of amides is 14. The molecule has 43 heteroatoms. The minimum absolute atomic E-state index is 0.0118. The summed E-state index contributed by atoms with van der Waals surface area (Å²) in [5.41, 5.74) is 22.3. The van der Waals surface area contributed by atoms with Crippen LogP contribution in [0, 0.1) is 5.92 Å². The standard InChI is InChI=1S/C64H102N18O25/c1-31(2)27-33(65)50(93)71-34(14-18-46(66)86)52(95)76-40(29-84)55(98)74-37(9-4-22-69-64(67)68)60(103)79-23-5-10-42(79)57(100)75-38(17-21-49(91)92)61(104)80-24-6-11-43(80)58(101)77-39(28-83)54(97)70-32(3)59(102)82-26-8-13-45(82)62(105)81-25-7-12-44(81)56(99)73-36(16-20-48(89)90)51(94)72-35(15-19-47(87)88)53(96)78-41(30-85)63(106)107/h31-45,83-85H,4-30,65H2,1-3H3,(H2,66,86)(H,70,97)(H,71,93)(H,72,94)(H,73,99)(H,74,98)(H,75,100)(H,76,95)(H,77,101)(H,78,96)(H,87,88)(H,89,90)(H,91,92)(H,106,107)(H4,67,68,69)/t32-,33-,34-,35-,36-,37-,38-,39-,40-,41-,42-,43-,44-,45-/m0/s1. The van der Waals surface area contributed by atoms with Crippen LogP contribution in [0.1, 0.15) is 143 Å². The van der Waals surface area contributed by atoms with Crippen LogP contribution in [0.3, 0.4) is 0 Å². The van der Waals surface area contributed by atoms with Gasteiger partial charge in [0.2, 0.25) is 82.7 Å². The average Bonchev–Trinajstić information content (AvgIpc) is 1.68. The highest BCUT2D eigenvalue weighted by Crippen LogP contribution is 2.27. The number of aliphatic carboxylic acids is 4. The SMILES string of the molecule is CC(C)C[C@H](N)C(=O)N[C@@H](CCC(N)=O)C(=O)N[C@@H](CO)C(=O)N[C@@H](CCCN=C(N)N)C(=O)N1CCC[C@H]1C(=O)N[C@@H](CCC(=O)O)C(=O)N1CCC[C@H]1C(=O)N[C@@H](CO)C(=O)N[C@@H](C)C(=O)N1CCC[C@H]1C(=O)N1CCC[C@H]1C(=O)N[C@@H](CCC(=O)O)C(=O)N[C@@H](CCC(=O)O)C(=O)N[C@@H](CO)C(=O)O. The first-order chi connectivity index (χ1) is 50.4. The predicted octanol–water partition coefficient (Wildman–Crippen LogP) is -9.32. The van der Waals surface area contributed by atoms with Crippen LogP contribution < -0.4 is 70.8 Å². The number of primary amides is 1. The summed E-state index contributed by atoms with van der Waals surface area (Å²) in [6.45, 7) is 1.31. The summed E-state index contributed by atoms with van der Waals surface area (Å²) in [7, 11) is 0. The first-order valence-corrected chi connectivity index (χ1v) is 35.2. The molecule has 14 amide bonds. The van der Waals surface area contributed by atoms with Gasteiger partial charge in [-0.25, -0.2) is 4.79 Å². The van der Waals surface area contributed by atoms with Gasteiger partial charge in [0.25, 0.3) is 0 Å². The lowest BCUT2D eigenvalue weighted by Gasteiger charge is -2.33. The summed E-state index contributed by atoms with van der Waals surface area (Å²) in [6, 6.07) is -21.4. The average molecular weight is 1520 g/mol. The van der Waals surface area contributed by atoms with Gasteiger partial charge < -0.3 is 126 Å². The number of rotatable bonds is 44. The molecule has 4 saturated heterocycles. The van der Waals surface area contributed by atoms with Crippen LogP contribution in [0.5, 0.6) is 0 Å². The molecule has 0 unspecified atom stereocenters. The first kappa shape index (κ1) is 89.0. The van der Waals surface area contributed by atoms with E-state index in [1.165, 1.54) is 6.92 Å². The Morgan fingerprint density at radius 2 is 0.738 bits per heavy atom. The minimum atomic E-state index is -1.86. The molecule has 0 aromatic rings. The molecule has 4 fully saturated rings. The van der Waals surface area contributed by atoms with Gasteiger partial charge in [-0.05, 0) is 109 Å². The first-order valence-electron chi connectivity index (χ1n) is 35.2. The number of hydrogen-bond donors (Lipinski definition) is 20. The van der Waals surface area contributed by atoms with Crippen molar-refractivity contribution >= 4 is 113 Å². The van der Waals surface area contributed by atoms with Crippen LogP contribution in [0.25, 0.3) is 0 Å². The Labute approximate surface area is 613 Å². The minimum Gasteiger partial charge on any atom is -0.481 e. The molecule has 4 heterocycles. The number of nitrogens with two attached hydrogens (primary N) is 4. The van der Waals surface area contributed by atoms with Gasteiger partial charge in [0, 0.05) is 58.4 Å². The topological polar surface area (TPSA) is 687 Å². The smallest absolute Gasteiger partial charge is 0.328 e. The summed E-state index contributed by atoms with van der Waals surface area (Å²) in [4.78, 5) is 248. The summed E-state index contributed by atoms with van der Waals surface area (Å²) in [6.07, 6.45) is -3.67. The second-order valence-electron chi connectivity index (χ2n) is 26.9. The fourth-order valence-electron chi connectivity index (χ4n) is 12.7. The van der Waals surface area contributed by atoms with E-state index in [1.54, 1.807) is 13.8 Å². The van der Waals surface area contributed by atoms with E-state index in [0.29, 0.717) is 0 Å². The molecule has 107 heavy (non-hydrogen) atoms. The molecular weight excluding hydrogens is 1420 g/mol. The number of hydrogen-bond acceptors (Lipinski definition) is 23. The number of aliphatic hydroxyl groups is 3. The highest BCUT2D eigenvalue weighted by Gasteiger charge is 2.46. The van der Waals surface area contributed by atoms with Gasteiger partial charge >= 0.3 is 23.9 Å². The Hall–Kier alpha value is -10.4. The summed E-state index contributed by atoms with van der Waals surface area (Å²) in [5.74, 6) is -19.7. The lowest BCUT2D eigenvalue weighted by Crippen LogP contribution is -2.61. The molecule has 4 rings (SSSR count). The van der Waals surface area contributed by atoms with Crippen molar-refractivity contribution in [3.05, 3.63) is 0 Å². The van der Waals surface area contributed by atoms with Crippen molar-refractivity contribution in [2.75, 3.05) is 52.5 Å². The van der Waals surface area contributed by atoms with Crippen molar-refractivity contribution in [2.45, 2.75) is 227 Å². The Bertz CT molecular complexity index is 3280. The Balaban J connectivity index is 1.46. The van der Waals surface area contributed by atoms with Gasteiger partial charge in [-0.3, -0.25) is 86.5 Å². The molecule has 4 aliphatic rings. The molecule has 0 spiro atoms. The van der Waals surface area contributed by atoms with E-state index in [4.69, 9.17) is 22.9 Å². The van der Waals surface area contributed by atoms with E-state index in [9.17, 15) is 122 Å². The van der Waals surface area contributed by atoms with Crippen molar-refractivity contribution in [1.82, 2.24) is 67.5 Å². The van der Waals surface area contributed by atoms with Crippen LogP contribution in [-0.2, 0) is 86.3 Å². The zero-order chi connectivity index (χ0) is 80.1. The second kappa shape index (κ2) is 43.3. The van der Waals surface area contributed by atoms with Crippen LogP contribution in [0.4, 0.5) is 0 Å². The molecule has 43 nitrogen and oxygen atoms in total. The number of nitrogens with zero attached hydrogens (tertiary/aromatic N) is 5. The van der Waals surface area contributed by atoms with Crippen molar-refractivity contribution in [2.24, 2.45) is 33.8 Å². The number of carboxylic acids is 4. The van der Waals surface area contributed by atoms with E-state index in [-0.39, 0.29) is 128 Å². The third-order valence-corrected chi connectivity index (χ3v) is 18.2. The molecule has 0 saturated carbocycles. The zero-order valence-electron chi connectivity index (χ0n) is 59.8. The molecule has 0 radical (unpaired) electrons. The normalized spacial score (nSPS) is 19.7. The van der Waals surface area contributed by atoms with Gasteiger partial charge in [-0.15, -0.1) is 0 Å². The third-order valence-electron chi connectivity index (χ3n) is 18.2. The summed E-state index contributed by atoms with van der Waals surface area (Å²) >= 11 is 0. The van der Waals surface area contributed by atoms with Gasteiger partial charge in [-0.1, -0.05) is 13.8 Å². The number of aliphatic imine (C=N–C) groups is 1. The molecule has 4 aliphatic heterocycles. The van der Waals surface area contributed by atoms with Crippen LogP contribution in [0.2, 0.25) is 0 Å². The maximum Gasteiger partial charge on any atom is 0.328 e. The lowest BCUT2D eigenvalue weighted by molar-refractivity contribution is -0.148. The summed E-state index contributed by atoms with van der Waals surface area (Å²) in [5, 5.41) is 89.1. The fourth-order valence-corrected chi connectivity index (χ4v) is 12.7. The lowest BCUT2D eigenvalue weighted by atomic mass is 10.0. The Morgan fingerprint density at radius 3 is 1.18 bits per heavy atom. The summed E-state index contributed by atoms with van der Waals surface area (Å²) < 4.78 is 0. The molecular formula is C64H102N18O25. The molecule has 0 aromatic heterocycles. The number of carboxylic acid groups (broad SMARTS) is 4. The monoisotopic (exact) mass is 1520 g/mol. The fraction of sp³-hybridized carbons (Fsp3) is 0.703. The van der Waals surface area contributed by atoms with Crippen LogP contribution in [-0.4, -0.2) is 305 Å². The number of nitrogens with one attached hydrogen (secondary N) is 9. The van der Waals surface area contributed by atoms with E-state index in [1.807, 2.05) is 5.32 Å². The highest BCUT2D eigenvalue weighted by atomic mass is 16.4. The third kappa shape index (κ3) is 27.5. The van der Waals surface area contributed by atoms with Gasteiger partial charge in [0.05, 0.1) is 25.9 Å². The van der Waals surface area contributed by atoms with E-state index in [0.717, 1.165) is 19.6 Å². The molecule has 0 aliphatic carbocycles. The largest absolute Gasteiger partial charge is 0.481 e. The Kier molecular flexibility index (Phi) is 36.0. The maximum absolute atomic E-state index is 14.6.